The van der Waals surface area contributed by atoms with E-state index < -0.39 is 0 Å². The van der Waals surface area contributed by atoms with Crippen LogP contribution in [0.3, 0.4) is 0 Å². The van der Waals surface area contributed by atoms with E-state index in [0.717, 1.165) is 23.8 Å². The van der Waals surface area contributed by atoms with Crippen molar-refractivity contribution in [1.82, 2.24) is 9.80 Å². The van der Waals surface area contributed by atoms with Crippen molar-refractivity contribution in [2.75, 3.05) is 28.2 Å². The smallest absolute Gasteiger partial charge is 0.00920 e. The van der Waals surface area contributed by atoms with E-state index in [1.165, 1.54) is 115 Å². The molecule has 1 aromatic carbocycles. The van der Waals surface area contributed by atoms with Gasteiger partial charge >= 0.3 is 0 Å². The second-order valence-electron chi connectivity index (χ2n) is 14.3. The number of nitrogens with zero attached hydrogens (tertiary/aromatic N) is 2. The van der Waals surface area contributed by atoms with Crippen molar-refractivity contribution in [2.45, 2.75) is 154 Å². The molecule has 4 aliphatic rings. The largest absolute Gasteiger partial charge is 0.306 e. The van der Waals surface area contributed by atoms with E-state index >= 15 is 0 Å². The molecule has 4 fully saturated rings. The molecule has 4 heteroatoms. The molecule has 0 spiro atoms. The van der Waals surface area contributed by atoms with Gasteiger partial charge in [-0.1, -0.05) is 128 Å². The average molecular weight is 653 g/mol. The van der Waals surface area contributed by atoms with Crippen LogP contribution in [0.5, 0.6) is 0 Å². The summed E-state index contributed by atoms with van der Waals surface area (Å²) in [5, 5.41) is 0. The van der Waals surface area contributed by atoms with Gasteiger partial charge in [0.2, 0.25) is 0 Å². The molecule has 0 bridgehead atoms. The van der Waals surface area contributed by atoms with Gasteiger partial charge in [-0.3, -0.25) is 0 Å². The van der Waals surface area contributed by atoms with Crippen LogP contribution in [0.2, 0.25) is 0 Å². The van der Waals surface area contributed by atoms with Crippen LogP contribution in [-0.2, 0) is 39.6 Å². The summed E-state index contributed by atoms with van der Waals surface area (Å²) in [6.45, 7) is 9.61. The Morgan fingerprint density at radius 2 is 0.976 bits per heavy atom. The normalized spacial score (nSPS) is 23.7. The van der Waals surface area contributed by atoms with Crippen LogP contribution < -0.4 is 0 Å². The van der Waals surface area contributed by atoms with E-state index in [1.54, 1.807) is 0 Å². The Balaban J connectivity index is 0.000000604. The molecular weight excluding hydrogens is 584 g/mol. The van der Waals surface area contributed by atoms with Crippen molar-refractivity contribution in [2.24, 2.45) is 17.8 Å². The molecule has 0 radical (unpaired) electrons. The Hall–Kier alpha value is 0.179. The number of hydrogen-bond acceptors (Lipinski definition) is 2. The first kappa shape index (κ1) is 41.2. The molecule has 1 aromatic rings. The summed E-state index contributed by atoms with van der Waals surface area (Å²) in [5.74, 6) is 2.60. The molecule has 41 heavy (non-hydrogen) atoms. The summed E-state index contributed by atoms with van der Waals surface area (Å²) in [5.41, 5.74) is 1.78. The van der Waals surface area contributed by atoms with Crippen LogP contribution in [0.15, 0.2) is 30.3 Å². The second kappa shape index (κ2) is 22.7. The fourth-order valence-electron chi connectivity index (χ4n) is 7.56. The second-order valence-corrected chi connectivity index (χ2v) is 14.3. The van der Waals surface area contributed by atoms with Crippen molar-refractivity contribution >= 4 is 0 Å². The predicted molar refractivity (Wildman–Crippen MR) is 175 cm³/mol. The molecule has 0 saturated heterocycles. The molecule has 4 aliphatic carbocycles. The van der Waals surface area contributed by atoms with E-state index in [4.69, 9.17) is 0 Å². The molecule has 0 aliphatic heterocycles. The molecule has 4 atom stereocenters. The van der Waals surface area contributed by atoms with Gasteiger partial charge in [0.05, 0.1) is 0 Å². The summed E-state index contributed by atoms with van der Waals surface area (Å²) in [4.78, 5) is 4.74. The van der Waals surface area contributed by atoms with Crippen LogP contribution in [0.25, 0.3) is 0 Å². The maximum Gasteiger partial charge on any atom is 0.00920 e. The van der Waals surface area contributed by atoms with Gasteiger partial charge in [0.15, 0.2) is 0 Å². The van der Waals surface area contributed by atoms with Crippen molar-refractivity contribution < 1.29 is 34.1 Å². The van der Waals surface area contributed by atoms with E-state index in [2.05, 4.69) is 96.0 Å². The maximum absolute atomic E-state index is 2.44. The van der Waals surface area contributed by atoms with Gasteiger partial charge in [0, 0.05) is 46.2 Å². The van der Waals surface area contributed by atoms with Crippen LogP contribution in [0, 0.1) is 17.8 Å². The minimum absolute atomic E-state index is 0. The summed E-state index contributed by atoms with van der Waals surface area (Å²) in [6, 6.07) is 12.5. The first-order valence-electron chi connectivity index (χ1n) is 17.0. The molecule has 0 heterocycles. The summed E-state index contributed by atoms with van der Waals surface area (Å²) >= 11 is 0. The zero-order valence-corrected chi connectivity index (χ0v) is 30.6. The molecule has 4 saturated carbocycles. The summed E-state index contributed by atoms with van der Waals surface area (Å²) in [6.07, 6.45) is 25.0. The Bertz CT molecular complexity index is 697. The molecule has 2 unspecified atom stereocenters. The number of hydrogen-bond donors (Lipinski definition) is 0. The average Bonchev–Trinajstić information content (AvgIpc) is 3.77. The third-order valence-electron chi connectivity index (χ3n) is 10.8. The fraction of sp³-hybridized carbons (Fsp3) is 0.838. The van der Waals surface area contributed by atoms with Gasteiger partial charge in [0.25, 0.3) is 0 Å². The Morgan fingerprint density at radius 3 is 1.37 bits per heavy atom. The minimum atomic E-state index is 0. The third-order valence-corrected chi connectivity index (χ3v) is 10.8. The molecule has 0 N–H and O–H groups in total. The molecule has 242 valence electrons. The standard InChI is InChI=1S/C18H29N.C9H19N.2C5H10.2Fe/c1-14(19(4)5)16-12-9-13-17(16)18(2,3)15-10-7-6-8-11-15;1-8(10(2)3)9-6-4-5-7-9;2*1-2-4-5-3-1;;/h6-8,10-11,14,16-17H,9,12-13H2,1-5H3;8-9H,4-7H2,1-3H3;2*1-5H2;;/t14-,16?,17?;8-;;;;/m11..../s1. The van der Waals surface area contributed by atoms with Gasteiger partial charge in [-0.05, 0) is 96.5 Å². The van der Waals surface area contributed by atoms with Gasteiger partial charge in [-0.25, -0.2) is 0 Å². The van der Waals surface area contributed by atoms with Crippen molar-refractivity contribution in [3.05, 3.63) is 35.9 Å². The zero-order valence-electron chi connectivity index (χ0n) is 28.4. The van der Waals surface area contributed by atoms with E-state index in [9.17, 15) is 0 Å². The van der Waals surface area contributed by atoms with Crippen LogP contribution in [-0.4, -0.2) is 50.1 Å². The SMILES string of the molecule is C1CCCC1.C1CCCC1.C[C@H](C1CCCC1)N(C)C.C[C@H](C1CCCC1C(C)(C)c1ccccc1)N(C)C.[Fe].[Fe]. The van der Waals surface area contributed by atoms with Crippen molar-refractivity contribution in [3.8, 4) is 0 Å². The quantitative estimate of drug-likeness (QED) is 0.282. The van der Waals surface area contributed by atoms with Gasteiger partial charge in [-0.15, -0.1) is 0 Å². The number of rotatable bonds is 6. The summed E-state index contributed by atoms with van der Waals surface area (Å²) in [7, 11) is 8.80. The van der Waals surface area contributed by atoms with Crippen molar-refractivity contribution in [3.63, 3.8) is 0 Å². The molecular formula is C37H68Fe2N2. The molecule has 2 nitrogen and oxygen atoms in total. The van der Waals surface area contributed by atoms with Gasteiger partial charge in [0.1, 0.15) is 0 Å². The molecule has 5 rings (SSSR count). The maximum atomic E-state index is 2.44. The van der Waals surface area contributed by atoms with E-state index in [-0.39, 0.29) is 39.6 Å². The fourth-order valence-corrected chi connectivity index (χ4v) is 7.56. The Kier molecular flexibility index (Phi) is 22.8. The first-order chi connectivity index (χ1) is 18.7. The molecule has 0 aromatic heterocycles. The summed E-state index contributed by atoms with van der Waals surface area (Å²) < 4.78 is 0. The molecule has 0 amide bonds. The minimum Gasteiger partial charge on any atom is -0.306 e. The number of benzene rings is 1. The van der Waals surface area contributed by atoms with E-state index in [1.807, 2.05) is 0 Å². The van der Waals surface area contributed by atoms with Crippen LogP contribution in [0.1, 0.15) is 142 Å². The topological polar surface area (TPSA) is 6.48 Å². The zero-order chi connectivity index (χ0) is 28.7. The van der Waals surface area contributed by atoms with E-state index in [0.29, 0.717) is 6.04 Å². The van der Waals surface area contributed by atoms with Crippen molar-refractivity contribution in [1.29, 1.82) is 0 Å². The van der Waals surface area contributed by atoms with Crippen LogP contribution >= 0.6 is 0 Å². The Morgan fingerprint density at radius 1 is 0.561 bits per heavy atom. The monoisotopic (exact) mass is 652 g/mol. The Labute approximate surface area is 278 Å². The van der Waals surface area contributed by atoms with Gasteiger partial charge in [-0.2, -0.15) is 0 Å². The first-order valence-corrected chi connectivity index (χ1v) is 17.0. The predicted octanol–water partition coefficient (Wildman–Crippen LogP) is 10.4. The third kappa shape index (κ3) is 14.7. The van der Waals surface area contributed by atoms with Gasteiger partial charge < -0.3 is 9.80 Å². The van der Waals surface area contributed by atoms with Crippen LogP contribution in [0.4, 0.5) is 0 Å².